The van der Waals surface area contributed by atoms with Crippen molar-refractivity contribution in [2.75, 3.05) is 26.2 Å². The van der Waals surface area contributed by atoms with Crippen LogP contribution in [-0.4, -0.2) is 31.1 Å². The Balaban J connectivity index is 1.34. The molecular formula is C30H40N2O. The Labute approximate surface area is 201 Å². The molecule has 4 rings (SSSR count). The van der Waals surface area contributed by atoms with E-state index in [0.717, 1.165) is 37.2 Å². The summed E-state index contributed by atoms with van der Waals surface area (Å²) in [5, 5.41) is 0. The van der Waals surface area contributed by atoms with Gasteiger partial charge in [0.2, 0.25) is 0 Å². The van der Waals surface area contributed by atoms with Crippen LogP contribution < -0.4 is 4.74 Å². The van der Waals surface area contributed by atoms with Gasteiger partial charge >= 0.3 is 0 Å². The Morgan fingerprint density at radius 2 is 1.79 bits per heavy atom. The summed E-state index contributed by atoms with van der Waals surface area (Å²) in [7, 11) is 0. The van der Waals surface area contributed by atoms with Crippen LogP contribution in [0.25, 0.3) is 4.85 Å². The second kappa shape index (κ2) is 11.2. The van der Waals surface area contributed by atoms with E-state index in [2.05, 4.69) is 47.9 Å². The third-order valence-corrected chi connectivity index (χ3v) is 8.44. The molecule has 0 amide bonds. The molecule has 1 heterocycles. The molecule has 176 valence electrons. The minimum Gasteiger partial charge on any atom is -0.494 e. The third-order valence-electron chi connectivity index (χ3n) is 8.44. The molecule has 1 aliphatic heterocycles. The topological polar surface area (TPSA) is 16.8 Å². The predicted octanol–water partition coefficient (Wildman–Crippen LogP) is 7.43. The molecule has 2 aromatic carbocycles. The number of piperidine rings is 1. The smallest absolute Gasteiger partial charge is 0.187 e. The summed E-state index contributed by atoms with van der Waals surface area (Å²) < 4.78 is 5.90. The number of likely N-dealkylation sites (tertiary alicyclic amines) is 1. The Hall–Kier alpha value is -2.31. The lowest BCUT2D eigenvalue weighted by atomic mass is 9.54. The van der Waals surface area contributed by atoms with E-state index >= 15 is 0 Å². The zero-order valence-electron chi connectivity index (χ0n) is 20.6. The van der Waals surface area contributed by atoms with Crippen molar-refractivity contribution in [1.82, 2.24) is 4.90 Å². The first-order chi connectivity index (χ1) is 16.2. The molecule has 2 aromatic rings. The molecule has 0 aromatic heterocycles. The summed E-state index contributed by atoms with van der Waals surface area (Å²) in [4.78, 5) is 6.09. The third kappa shape index (κ3) is 5.12. The highest BCUT2D eigenvalue weighted by Gasteiger charge is 2.47. The maximum Gasteiger partial charge on any atom is 0.187 e. The molecular weight excluding hydrogens is 404 g/mol. The van der Waals surface area contributed by atoms with Gasteiger partial charge in [-0.05, 0) is 86.7 Å². The average Bonchev–Trinajstić information content (AvgIpc) is 2.88. The molecule has 0 bridgehead atoms. The van der Waals surface area contributed by atoms with Crippen molar-refractivity contribution in [3.63, 3.8) is 0 Å². The molecule has 3 heteroatoms. The molecule has 0 spiro atoms. The first-order valence-corrected chi connectivity index (χ1v) is 13.1. The van der Waals surface area contributed by atoms with Crippen molar-refractivity contribution >= 4 is 5.69 Å². The number of aryl methyl sites for hydroxylation is 1. The Morgan fingerprint density at radius 1 is 1.06 bits per heavy atom. The van der Waals surface area contributed by atoms with Crippen LogP contribution in [0.5, 0.6) is 5.75 Å². The number of benzene rings is 2. The lowest BCUT2D eigenvalue weighted by molar-refractivity contribution is 0.0659. The van der Waals surface area contributed by atoms with E-state index in [4.69, 9.17) is 11.3 Å². The van der Waals surface area contributed by atoms with E-state index in [9.17, 15) is 0 Å². The van der Waals surface area contributed by atoms with Crippen molar-refractivity contribution in [2.24, 2.45) is 11.8 Å². The minimum absolute atomic E-state index is 0.380. The van der Waals surface area contributed by atoms with Crippen LogP contribution in [0.4, 0.5) is 5.69 Å². The van der Waals surface area contributed by atoms with Crippen LogP contribution >= 0.6 is 0 Å². The molecule has 1 saturated heterocycles. The molecule has 33 heavy (non-hydrogen) atoms. The number of fused-ring (bicyclic) bond motifs is 1. The lowest BCUT2D eigenvalue weighted by Crippen LogP contribution is -2.49. The maximum atomic E-state index is 7.05. The zero-order chi connectivity index (χ0) is 23.1. The lowest BCUT2D eigenvalue weighted by Gasteiger charge is -2.52. The maximum absolute atomic E-state index is 7.05. The fourth-order valence-electron chi connectivity index (χ4n) is 6.86. The standard InChI is InChI=1S/C30H40N2O/c1-4-25(5-2)30(19-8-11-24-10-6-7-12-29(24)30)26-17-21-32(22-18-26)20-9-23-33-28-15-13-27(31-3)14-16-28/h6-7,10,12-16,25-26H,4-5,8-9,11,17-23H2,1-2H3. The van der Waals surface area contributed by atoms with Gasteiger partial charge in [-0.15, -0.1) is 0 Å². The van der Waals surface area contributed by atoms with Crippen LogP contribution in [0.15, 0.2) is 48.5 Å². The van der Waals surface area contributed by atoms with Crippen molar-refractivity contribution < 1.29 is 4.74 Å². The minimum atomic E-state index is 0.380. The highest BCUT2D eigenvalue weighted by Crippen LogP contribution is 2.53. The van der Waals surface area contributed by atoms with Gasteiger partial charge in [0.25, 0.3) is 0 Å². The molecule has 0 saturated carbocycles. The summed E-state index contributed by atoms with van der Waals surface area (Å²) in [6.45, 7) is 16.2. The fourth-order valence-corrected chi connectivity index (χ4v) is 6.86. The molecule has 0 radical (unpaired) electrons. The van der Waals surface area contributed by atoms with Gasteiger partial charge in [0.05, 0.1) is 13.2 Å². The largest absolute Gasteiger partial charge is 0.494 e. The van der Waals surface area contributed by atoms with Gasteiger partial charge in [-0.2, -0.15) is 0 Å². The van der Waals surface area contributed by atoms with Gasteiger partial charge in [-0.1, -0.05) is 63.1 Å². The van der Waals surface area contributed by atoms with Crippen LogP contribution in [0.1, 0.15) is 69.9 Å². The summed E-state index contributed by atoms with van der Waals surface area (Å²) in [6.07, 6.45) is 10.3. The monoisotopic (exact) mass is 444 g/mol. The van der Waals surface area contributed by atoms with Crippen molar-refractivity contribution in [2.45, 2.75) is 70.6 Å². The van der Waals surface area contributed by atoms with E-state index in [1.807, 2.05) is 24.3 Å². The number of ether oxygens (including phenoxy) is 1. The first-order valence-electron chi connectivity index (χ1n) is 13.1. The van der Waals surface area contributed by atoms with Crippen LogP contribution in [-0.2, 0) is 11.8 Å². The Morgan fingerprint density at radius 3 is 2.48 bits per heavy atom. The van der Waals surface area contributed by atoms with E-state index in [0.29, 0.717) is 11.1 Å². The highest BCUT2D eigenvalue weighted by molar-refractivity contribution is 5.47. The number of hydrogen-bond acceptors (Lipinski definition) is 2. The van der Waals surface area contributed by atoms with Crippen LogP contribution in [0.3, 0.4) is 0 Å². The second-order valence-corrected chi connectivity index (χ2v) is 9.99. The number of nitrogens with zero attached hydrogens (tertiary/aromatic N) is 2. The van der Waals surface area contributed by atoms with E-state index in [-0.39, 0.29) is 0 Å². The highest BCUT2D eigenvalue weighted by atomic mass is 16.5. The van der Waals surface area contributed by atoms with Gasteiger partial charge in [-0.25, -0.2) is 4.85 Å². The molecule has 0 N–H and O–H groups in total. The van der Waals surface area contributed by atoms with Crippen molar-refractivity contribution in [1.29, 1.82) is 0 Å². The van der Waals surface area contributed by atoms with Crippen molar-refractivity contribution in [3.05, 3.63) is 71.1 Å². The summed E-state index contributed by atoms with van der Waals surface area (Å²) in [6, 6.07) is 16.9. The number of rotatable bonds is 9. The van der Waals surface area contributed by atoms with E-state index in [1.54, 1.807) is 11.1 Å². The van der Waals surface area contributed by atoms with Crippen LogP contribution in [0, 0.1) is 18.4 Å². The van der Waals surface area contributed by atoms with Gasteiger partial charge in [-0.3, -0.25) is 0 Å². The molecule has 1 unspecified atom stereocenters. The van der Waals surface area contributed by atoms with Gasteiger partial charge < -0.3 is 9.64 Å². The summed E-state index contributed by atoms with van der Waals surface area (Å²) in [5.74, 6) is 2.46. The number of hydrogen-bond donors (Lipinski definition) is 0. The first kappa shape index (κ1) is 23.8. The van der Waals surface area contributed by atoms with E-state index < -0.39 is 0 Å². The van der Waals surface area contributed by atoms with Crippen LogP contribution in [0.2, 0.25) is 0 Å². The molecule has 1 atom stereocenters. The fraction of sp³-hybridized carbons (Fsp3) is 0.567. The molecule has 1 fully saturated rings. The molecule has 1 aliphatic carbocycles. The molecule has 2 aliphatic rings. The Kier molecular flexibility index (Phi) is 8.10. The normalized spacial score (nSPS) is 21.5. The van der Waals surface area contributed by atoms with Crippen molar-refractivity contribution in [3.8, 4) is 5.75 Å². The predicted molar refractivity (Wildman–Crippen MR) is 137 cm³/mol. The SMILES string of the molecule is [C-]#[N+]c1ccc(OCCCN2CCC(C3(C(CC)CC)CCCc4ccccc43)CC2)cc1. The summed E-state index contributed by atoms with van der Waals surface area (Å²) >= 11 is 0. The van der Waals surface area contributed by atoms with Gasteiger partial charge in [0.1, 0.15) is 5.75 Å². The van der Waals surface area contributed by atoms with E-state index in [1.165, 1.54) is 58.0 Å². The summed E-state index contributed by atoms with van der Waals surface area (Å²) in [5.41, 5.74) is 4.36. The van der Waals surface area contributed by atoms with Gasteiger partial charge in [0.15, 0.2) is 5.69 Å². The second-order valence-electron chi connectivity index (χ2n) is 9.99. The quantitative estimate of drug-likeness (QED) is 0.295. The average molecular weight is 445 g/mol. The zero-order valence-corrected chi connectivity index (χ0v) is 20.6. The molecule has 3 nitrogen and oxygen atoms in total. The van der Waals surface area contributed by atoms with Gasteiger partial charge in [0, 0.05) is 12.0 Å². The Bertz CT molecular complexity index is 919.